The van der Waals surface area contributed by atoms with Gasteiger partial charge in [0.05, 0.1) is 12.0 Å². The average Bonchev–Trinajstić information content (AvgIpc) is 2.75. The minimum Gasteiger partial charge on any atom is -0.455 e. The van der Waals surface area contributed by atoms with Gasteiger partial charge in [0.25, 0.3) is 11.7 Å². The molecule has 1 unspecified atom stereocenters. The van der Waals surface area contributed by atoms with Crippen LogP contribution in [-0.2, 0) is 25.5 Å². The average molecular weight is 438 g/mol. The van der Waals surface area contributed by atoms with Gasteiger partial charge in [-0.25, -0.2) is 0 Å². The van der Waals surface area contributed by atoms with Gasteiger partial charge in [-0.15, -0.1) is 0 Å². The van der Waals surface area contributed by atoms with Crippen LogP contribution in [0.4, 0.5) is 13.2 Å². The van der Waals surface area contributed by atoms with Crippen molar-refractivity contribution in [2.75, 3.05) is 19.7 Å². The third-order valence-corrected chi connectivity index (χ3v) is 5.63. The lowest BCUT2D eigenvalue weighted by molar-refractivity contribution is -0.165. The molecule has 1 amide bonds. The standard InChI is InChI=1S/C22H25F3N2O4/c23-22(24,25)19(28)10-13-27-11-8-16(9-12-27)21(30)31-14-20(29)26-18-7-3-5-15-4-1-2-6-17(15)18/h1-2,4,6,10,13,16,18H,3,5,7-9,11-12,14H2,(H,26,29). The fourth-order valence-corrected chi connectivity index (χ4v) is 3.95. The molecule has 1 aromatic rings. The van der Waals surface area contributed by atoms with Crippen LogP contribution in [0, 0.1) is 5.92 Å². The van der Waals surface area contributed by atoms with Gasteiger partial charge in [-0.05, 0) is 43.2 Å². The van der Waals surface area contributed by atoms with Gasteiger partial charge in [-0.2, -0.15) is 13.2 Å². The molecule has 2 aliphatic rings. The number of nitrogens with zero attached hydrogens (tertiary/aromatic N) is 1. The molecule has 1 fully saturated rings. The van der Waals surface area contributed by atoms with Gasteiger partial charge >= 0.3 is 12.1 Å². The second-order valence-corrected chi connectivity index (χ2v) is 7.81. The van der Waals surface area contributed by atoms with Crippen LogP contribution in [0.1, 0.15) is 42.9 Å². The zero-order valence-electron chi connectivity index (χ0n) is 17.0. The first-order chi connectivity index (χ1) is 14.7. The van der Waals surface area contributed by atoms with Crippen LogP contribution in [-0.4, -0.2) is 48.4 Å². The number of carbonyl (C=O) groups is 3. The molecule has 1 aromatic carbocycles. The number of hydrogen-bond donors (Lipinski definition) is 1. The van der Waals surface area contributed by atoms with E-state index in [0.29, 0.717) is 32.0 Å². The Morgan fingerprint density at radius 1 is 1.13 bits per heavy atom. The van der Waals surface area contributed by atoms with E-state index in [1.807, 2.05) is 24.3 Å². The molecule has 1 aliphatic carbocycles. The topological polar surface area (TPSA) is 75.7 Å². The van der Waals surface area contributed by atoms with Crippen molar-refractivity contribution in [2.45, 2.75) is 44.3 Å². The molecule has 1 aliphatic heterocycles. The van der Waals surface area contributed by atoms with Crippen LogP contribution >= 0.6 is 0 Å². The Hall–Kier alpha value is -2.84. The van der Waals surface area contributed by atoms with E-state index in [1.165, 1.54) is 5.56 Å². The third-order valence-electron chi connectivity index (χ3n) is 5.63. The number of rotatable bonds is 6. The maximum Gasteiger partial charge on any atom is 0.454 e. The van der Waals surface area contributed by atoms with Crippen LogP contribution < -0.4 is 5.32 Å². The normalized spacial score (nSPS) is 19.7. The van der Waals surface area contributed by atoms with Crippen LogP contribution in [0.15, 0.2) is 36.5 Å². The van der Waals surface area contributed by atoms with E-state index in [0.717, 1.165) is 31.0 Å². The van der Waals surface area contributed by atoms with Gasteiger partial charge in [0.1, 0.15) is 0 Å². The number of esters is 1. The Morgan fingerprint density at radius 2 is 1.84 bits per heavy atom. The summed E-state index contributed by atoms with van der Waals surface area (Å²) in [5.41, 5.74) is 2.31. The number of allylic oxidation sites excluding steroid dienone is 1. The maximum absolute atomic E-state index is 12.3. The molecule has 0 radical (unpaired) electrons. The lowest BCUT2D eigenvalue weighted by Gasteiger charge is -2.30. The molecule has 0 bridgehead atoms. The van der Waals surface area contributed by atoms with E-state index in [1.54, 1.807) is 4.90 Å². The Kier molecular flexibility index (Phi) is 7.35. The van der Waals surface area contributed by atoms with Crippen molar-refractivity contribution in [3.8, 4) is 0 Å². The lowest BCUT2D eigenvalue weighted by Crippen LogP contribution is -2.37. The minimum atomic E-state index is -4.89. The Balaban J connectivity index is 1.40. The van der Waals surface area contributed by atoms with Crippen molar-refractivity contribution >= 4 is 17.7 Å². The Morgan fingerprint density at radius 3 is 2.55 bits per heavy atom. The first-order valence-corrected chi connectivity index (χ1v) is 10.3. The van der Waals surface area contributed by atoms with Crippen LogP contribution in [0.5, 0.6) is 0 Å². The highest BCUT2D eigenvalue weighted by Crippen LogP contribution is 2.29. The maximum atomic E-state index is 12.3. The van der Waals surface area contributed by atoms with Gasteiger partial charge in [-0.1, -0.05) is 24.3 Å². The summed E-state index contributed by atoms with van der Waals surface area (Å²) in [4.78, 5) is 37.0. The second-order valence-electron chi connectivity index (χ2n) is 7.81. The van der Waals surface area contributed by atoms with E-state index in [2.05, 4.69) is 5.32 Å². The van der Waals surface area contributed by atoms with Crippen LogP contribution in [0.2, 0.25) is 0 Å². The number of hydrogen-bond acceptors (Lipinski definition) is 5. The van der Waals surface area contributed by atoms with E-state index in [9.17, 15) is 27.6 Å². The van der Waals surface area contributed by atoms with Crippen molar-refractivity contribution in [3.05, 3.63) is 47.7 Å². The fourth-order valence-electron chi connectivity index (χ4n) is 3.95. The van der Waals surface area contributed by atoms with Crippen molar-refractivity contribution in [1.82, 2.24) is 10.2 Å². The zero-order chi connectivity index (χ0) is 22.4. The summed E-state index contributed by atoms with van der Waals surface area (Å²) < 4.78 is 41.8. The summed E-state index contributed by atoms with van der Waals surface area (Å²) in [6.45, 7) is 0.288. The van der Waals surface area contributed by atoms with Gasteiger partial charge in [0.2, 0.25) is 0 Å². The third kappa shape index (κ3) is 6.32. The Labute approximate surface area is 178 Å². The molecule has 3 rings (SSSR count). The van der Waals surface area contributed by atoms with E-state index >= 15 is 0 Å². The molecular weight excluding hydrogens is 413 g/mol. The highest BCUT2D eigenvalue weighted by molar-refractivity contribution is 5.94. The summed E-state index contributed by atoms with van der Waals surface area (Å²) in [6, 6.07) is 7.86. The fraction of sp³-hybridized carbons (Fsp3) is 0.500. The molecule has 6 nitrogen and oxygen atoms in total. The molecule has 0 aromatic heterocycles. The van der Waals surface area contributed by atoms with Gasteiger partial charge < -0.3 is 15.0 Å². The summed E-state index contributed by atoms with van der Waals surface area (Å²) in [7, 11) is 0. The number of piperidine rings is 1. The largest absolute Gasteiger partial charge is 0.455 e. The SMILES string of the molecule is O=C(COC(=O)C1CCN(C=CC(=O)C(F)(F)F)CC1)NC1CCCc2ccccc21. The lowest BCUT2D eigenvalue weighted by atomic mass is 9.88. The number of ether oxygens (including phenoxy) is 1. The molecule has 9 heteroatoms. The second kappa shape index (κ2) is 9.98. The number of nitrogens with one attached hydrogen (secondary N) is 1. The number of likely N-dealkylation sites (tertiary alicyclic amines) is 1. The van der Waals surface area contributed by atoms with E-state index < -0.39 is 23.8 Å². The zero-order valence-corrected chi connectivity index (χ0v) is 17.0. The molecule has 0 spiro atoms. The number of halogens is 3. The minimum absolute atomic E-state index is 0.0920. The molecule has 1 saturated heterocycles. The predicted molar refractivity (Wildman–Crippen MR) is 106 cm³/mol. The smallest absolute Gasteiger partial charge is 0.454 e. The van der Waals surface area contributed by atoms with Gasteiger partial charge in [-0.3, -0.25) is 14.4 Å². The molecule has 31 heavy (non-hydrogen) atoms. The molecule has 1 N–H and O–H groups in total. The van der Waals surface area contributed by atoms with E-state index in [-0.39, 0.29) is 18.6 Å². The number of fused-ring (bicyclic) bond motifs is 1. The summed E-state index contributed by atoms with van der Waals surface area (Å²) in [5, 5.41) is 2.92. The van der Waals surface area contributed by atoms with Crippen molar-refractivity contribution < 1.29 is 32.3 Å². The number of aryl methyl sites for hydroxylation is 1. The summed E-state index contributed by atoms with van der Waals surface area (Å²) in [6.07, 6.45) is 0.249. The van der Waals surface area contributed by atoms with Crippen molar-refractivity contribution in [2.24, 2.45) is 5.92 Å². The number of ketones is 1. The number of benzene rings is 1. The van der Waals surface area contributed by atoms with Gasteiger partial charge in [0, 0.05) is 25.4 Å². The quantitative estimate of drug-likeness (QED) is 0.546. The summed E-state index contributed by atoms with van der Waals surface area (Å²) >= 11 is 0. The molecule has 168 valence electrons. The monoisotopic (exact) mass is 438 g/mol. The highest BCUT2D eigenvalue weighted by Gasteiger charge is 2.36. The molecule has 1 heterocycles. The van der Waals surface area contributed by atoms with Crippen molar-refractivity contribution in [1.29, 1.82) is 0 Å². The predicted octanol–water partition coefficient (Wildman–Crippen LogP) is 3.08. The summed E-state index contributed by atoms with van der Waals surface area (Å²) in [5.74, 6) is -3.19. The number of amides is 1. The molecular formula is C22H25F3N2O4. The number of carbonyl (C=O) groups excluding carboxylic acids is 3. The Bertz CT molecular complexity index is 845. The van der Waals surface area contributed by atoms with Crippen LogP contribution in [0.25, 0.3) is 0 Å². The first kappa shape index (κ1) is 22.8. The van der Waals surface area contributed by atoms with E-state index in [4.69, 9.17) is 4.74 Å². The van der Waals surface area contributed by atoms with Crippen LogP contribution in [0.3, 0.4) is 0 Å². The molecule has 0 saturated carbocycles. The highest BCUT2D eigenvalue weighted by atomic mass is 19.4. The van der Waals surface area contributed by atoms with Gasteiger partial charge in [0.15, 0.2) is 6.61 Å². The molecule has 1 atom stereocenters. The first-order valence-electron chi connectivity index (χ1n) is 10.3. The van der Waals surface area contributed by atoms with Crippen molar-refractivity contribution in [3.63, 3.8) is 0 Å². The number of alkyl halides is 3.